The molecule has 3 nitrogen and oxygen atoms in total. The Hall–Kier alpha value is -1.10. The zero-order valence-electron chi connectivity index (χ0n) is 8.72. The molecule has 1 heterocycles. The van der Waals surface area contributed by atoms with Crippen LogP contribution >= 0.6 is 15.9 Å². The number of hydrogen-bond donors (Lipinski definition) is 1. The van der Waals surface area contributed by atoms with Crippen molar-refractivity contribution in [1.29, 1.82) is 0 Å². The molecule has 86 valence electrons. The molecule has 1 amide bonds. The van der Waals surface area contributed by atoms with E-state index in [1.54, 1.807) is 6.07 Å². The van der Waals surface area contributed by atoms with E-state index in [4.69, 9.17) is 4.74 Å². The number of halogens is 2. The lowest BCUT2D eigenvalue weighted by Gasteiger charge is -2.25. The largest absolute Gasteiger partial charge is 0.478 e. The number of anilines is 1. The Bertz CT molecular complexity index is 436. The maximum Gasteiger partial charge on any atom is 0.265 e. The van der Waals surface area contributed by atoms with Gasteiger partial charge in [-0.1, -0.05) is 22.9 Å². The zero-order valence-corrected chi connectivity index (χ0v) is 10.3. The minimum absolute atomic E-state index is 0.179. The van der Waals surface area contributed by atoms with Crippen molar-refractivity contribution in [3.8, 4) is 5.75 Å². The molecule has 1 unspecified atom stereocenters. The van der Waals surface area contributed by atoms with Gasteiger partial charge in [0.1, 0.15) is 11.6 Å². The van der Waals surface area contributed by atoms with Crippen LogP contribution in [0.15, 0.2) is 12.1 Å². The van der Waals surface area contributed by atoms with Gasteiger partial charge in [0.05, 0.1) is 5.69 Å². The third kappa shape index (κ3) is 1.91. The first-order valence-corrected chi connectivity index (χ1v) is 6.13. The third-order valence-electron chi connectivity index (χ3n) is 2.48. The van der Waals surface area contributed by atoms with Crippen LogP contribution in [0.25, 0.3) is 0 Å². The number of alkyl halides is 1. The molecular formula is C11H11BrFNO2. The standard InChI is InChI=1S/C11H11BrFNO2/c1-2-9-11(15)14-8-3-6(5-12)7(13)4-10(8)16-9/h3-4,9H,2,5H2,1H3,(H,14,15). The van der Waals surface area contributed by atoms with E-state index in [-0.39, 0.29) is 11.7 Å². The van der Waals surface area contributed by atoms with Gasteiger partial charge in [0.15, 0.2) is 6.10 Å². The van der Waals surface area contributed by atoms with Crippen LogP contribution in [0, 0.1) is 5.82 Å². The van der Waals surface area contributed by atoms with Gasteiger partial charge in [-0.3, -0.25) is 4.79 Å². The molecular weight excluding hydrogens is 277 g/mol. The highest BCUT2D eigenvalue weighted by molar-refractivity contribution is 9.08. The molecule has 0 aromatic heterocycles. The van der Waals surface area contributed by atoms with Crippen molar-refractivity contribution >= 4 is 27.5 Å². The monoisotopic (exact) mass is 287 g/mol. The second-order valence-electron chi connectivity index (χ2n) is 3.58. The molecule has 1 aromatic carbocycles. The quantitative estimate of drug-likeness (QED) is 0.850. The van der Waals surface area contributed by atoms with E-state index in [0.717, 1.165) is 0 Å². The van der Waals surface area contributed by atoms with Crippen LogP contribution in [0.5, 0.6) is 5.75 Å². The van der Waals surface area contributed by atoms with Crippen molar-refractivity contribution in [1.82, 2.24) is 0 Å². The molecule has 1 aromatic rings. The maximum absolute atomic E-state index is 13.5. The van der Waals surface area contributed by atoms with Gasteiger partial charge in [0.25, 0.3) is 5.91 Å². The minimum Gasteiger partial charge on any atom is -0.478 e. The summed E-state index contributed by atoms with van der Waals surface area (Å²) < 4.78 is 18.9. The normalized spacial score (nSPS) is 18.7. The molecule has 0 spiro atoms. The predicted octanol–water partition coefficient (Wildman–Crippen LogP) is 2.83. The van der Waals surface area contributed by atoms with Crippen LogP contribution < -0.4 is 10.1 Å². The molecule has 2 rings (SSSR count). The van der Waals surface area contributed by atoms with Crippen molar-refractivity contribution in [3.63, 3.8) is 0 Å². The van der Waals surface area contributed by atoms with Crippen LogP contribution in [-0.4, -0.2) is 12.0 Å². The highest BCUT2D eigenvalue weighted by Crippen LogP contribution is 2.33. The van der Waals surface area contributed by atoms with Gasteiger partial charge in [-0.05, 0) is 12.5 Å². The van der Waals surface area contributed by atoms with Crippen LogP contribution in [0.3, 0.4) is 0 Å². The third-order valence-corrected chi connectivity index (χ3v) is 3.09. The van der Waals surface area contributed by atoms with Gasteiger partial charge in [0.2, 0.25) is 0 Å². The summed E-state index contributed by atoms with van der Waals surface area (Å²) in [6, 6.07) is 2.90. The van der Waals surface area contributed by atoms with Gasteiger partial charge in [-0.2, -0.15) is 0 Å². The van der Waals surface area contributed by atoms with Gasteiger partial charge in [-0.25, -0.2) is 4.39 Å². The fraction of sp³-hybridized carbons (Fsp3) is 0.364. The minimum atomic E-state index is -0.526. The Morgan fingerprint density at radius 3 is 2.94 bits per heavy atom. The lowest BCUT2D eigenvalue weighted by Crippen LogP contribution is -2.36. The van der Waals surface area contributed by atoms with E-state index in [9.17, 15) is 9.18 Å². The van der Waals surface area contributed by atoms with Crippen LogP contribution in [0.2, 0.25) is 0 Å². The molecule has 0 saturated heterocycles. The van der Waals surface area contributed by atoms with E-state index in [2.05, 4.69) is 21.2 Å². The fourth-order valence-corrected chi connectivity index (χ4v) is 2.02. The van der Waals surface area contributed by atoms with E-state index in [1.165, 1.54) is 6.07 Å². The van der Waals surface area contributed by atoms with Crippen molar-refractivity contribution < 1.29 is 13.9 Å². The van der Waals surface area contributed by atoms with Crippen LogP contribution in [0.1, 0.15) is 18.9 Å². The second-order valence-corrected chi connectivity index (χ2v) is 4.14. The smallest absolute Gasteiger partial charge is 0.265 e. The summed E-state index contributed by atoms with van der Waals surface area (Å²) in [7, 11) is 0. The lowest BCUT2D eigenvalue weighted by atomic mass is 10.1. The van der Waals surface area contributed by atoms with Gasteiger partial charge in [0, 0.05) is 17.0 Å². The van der Waals surface area contributed by atoms with Crippen LogP contribution in [-0.2, 0) is 10.1 Å². The topological polar surface area (TPSA) is 38.3 Å². The highest BCUT2D eigenvalue weighted by atomic mass is 79.9. The van der Waals surface area contributed by atoms with E-state index in [0.29, 0.717) is 28.8 Å². The average molecular weight is 288 g/mol. The number of fused-ring (bicyclic) bond motifs is 1. The molecule has 0 fully saturated rings. The first kappa shape index (κ1) is 11.4. The Morgan fingerprint density at radius 1 is 1.56 bits per heavy atom. The summed E-state index contributed by atoms with van der Waals surface area (Å²) in [5.41, 5.74) is 1.03. The summed E-state index contributed by atoms with van der Waals surface area (Å²) in [5, 5.41) is 3.11. The first-order valence-electron chi connectivity index (χ1n) is 5.01. The first-order chi connectivity index (χ1) is 7.65. The Morgan fingerprint density at radius 2 is 2.31 bits per heavy atom. The predicted molar refractivity (Wildman–Crippen MR) is 62.4 cm³/mol. The Balaban J connectivity index is 2.40. The van der Waals surface area contributed by atoms with Crippen LogP contribution in [0.4, 0.5) is 10.1 Å². The van der Waals surface area contributed by atoms with E-state index < -0.39 is 6.10 Å². The summed E-state index contributed by atoms with van der Waals surface area (Å²) in [6.45, 7) is 1.85. The molecule has 1 aliphatic heterocycles. The summed E-state index contributed by atoms with van der Waals surface area (Å²) in [5.74, 6) is -0.114. The molecule has 1 atom stereocenters. The Labute approximate surface area is 101 Å². The zero-order chi connectivity index (χ0) is 11.7. The number of nitrogens with one attached hydrogen (secondary N) is 1. The van der Waals surface area contributed by atoms with E-state index in [1.807, 2.05) is 6.92 Å². The number of hydrogen-bond acceptors (Lipinski definition) is 2. The number of amides is 1. The van der Waals surface area contributed by atoms with Gasteiger partial charge < -0.3 is 10.1 Å². The van der Waals surface area contributed by atoms with Crippen molar-refractivity contribution in [2.24, 2.45) is 0 Å². The highest BCUT2D eigenvalue weighted by Gasteiger charge is 2.26. The maximum atomic E-state index is 13.5. The molecule has 0 bridgehead atoms. The lowest BCUT2D eigenvalue weighted by molar-refractivity contribution is -0.123. The van der Waals surface area contributed by atoms with Crippen molar-refractivity contribution in [2.45, 2.75) is 24.8 Å². The van der Waals surface area contributed by atoms with Crippen molar-refractivity contribution in [2.75, 3.05) is 5.32 Å². The average Bonchev–Trinajstić information content (AvgIpc) is 2.28. The molecule has 1 aliphatic rings. The fourth-order valence-electron chi connectivity index (χ4n) is 1.59. The molecule has 16 heavy (non-hydrogen) atoms. The number of carbonyl (C=O) groups is 1. The summed E-state index contributed by atoms with van der Waals surface area (Å²) in [4.78, 5) is 11.5. The summed E-state index contributed by atoms with van der Waals surface area (Å²) >= 11 is 3.18. The Kier molecular flexibility index (Phi) is 3.14. The van der Waals surface area contributed by atoms with E-state index >= 15 is 0 Å². The van der Waals surface area contributed by atoms with Gasteiger partial charge >= 0.3 is 0 Å². The number of benzene rings is 1. The number of ether oxygens (including phenoxy) is 1. The molecule has 0 radical (unpaired) electrons. The van der Waals surface area contributed by atoms with Gasteiger partial charge in [-0.15, -0.1) is 0 Å². The molecule has 0 saturated carbocycles. The molecule has 1 N–H and O–H groups in total. The van der Waals surface area contributed by atoms with Crippen molar-refractivity contribution in [3.05, 3.63) is 23.5 Å². The molecule has 5 heteroatoms. The number of rotatable bonds is 2. The summed E-state index contributed by atoms with van der Waals surface area (Å²) in [6.07, 6.45) is 0.0364. The molecule has 0 aliphatic carbocycles. The number of carbonyl (C=O) groups excluding carboxylic acids is 1. The SMILES string of the molecule is CCC1Oc2cc(F)c(CBr)cc2NC1=O. The second kappa shape index (κ2) is 4.41.